The van der Waals surface area contributed by atoms with Gasteiger partial charge in [0, 0.05) is 6.04 Å². The zero-order valence-electron chi connectivity index (χ0n) is 6.54. The summed E-state index contributed by atoms with van der Waals surface area (Å²) in [6, 6.07) is 2.68. The van der Waals surface area contributed by atoms with Crippen molar-refractivity contribution < 1.29 is 0 Å². The molecular formula is C8H11N3. The Kier molecular flexibility index (Phi) is 1.49. The van der Waals surface area contributed by atoms with Crippen LogP contribution in [0.2, 0.25) is 0 Å². The smallest absolute Gasteiger partial charge is 0.149 e. The summed E-state index contributed by atoms with van der Waals surface area (Å²) in [5, 5.41) is 11.1. The van der Waals surface area contributed by atoms with Gasteiger partial charge in [-0.1, -0.05) is 0 Å². The molecule has 11 heavy (non-hydrogen) atoms. The molecule has 0 radical (unpaired) electrons. The van der Waals surface area contributed by atoms with Gasteiger partial charge in [-0.05, 0) is 31.4 Å². The molecule has 1 heterocycles. The van der Waals surface area contributed by atoms with Gasteiger partial charge in [0.05, 0.1) is 6.20 Å². The van der Waals surface area contributed by atoms with E-state index in [9.17, 15) is 0 Å². The van der Waals surface area contributed by atoms with Crippen LogP contribution in [0.25, 0.3) is 0 Å². The highest BCUT2D eigenvalue weighted by Gasteiger charge is 2.21. The third kappa shape index (κ3) is 1.67. The summed E-state index contributed by atoms with van der Waals surface area (Å²) in [7, 11) is 0. The highest BCUT2D eigenvalue weighted by atomic mass is 15.2. The minimum Gasteiger partial charge on any atom is -0.366 e. The van der Waals surface area contributed by atoms with Gasteiger partial charge in [-0.3, -0.25) is 0 Å². The lowest BCUT2D eigenvalue weighted by Gasteiger charge is -2.01. The molecule has 0 spiro atoms. The molecule has 2 rings (SSSR count). The molecule has 0 amide bonds. The molecule has 3 nitrogen and oxygen atoms in total. The maximum absolute atomic E-state index is 3.96. The van der Waals surface area contributed by atoms with Crippen molar-refractivity contribution in [3.63, 3.8) is 0 Å². The van der Waals surface area contributed by atoms with Crippen LogP contribution in [0, 0.1) is 6.92 Å². The summed E-state index contributed by atoms with van der Waals surface area (Å²) in [5.74, 6) is 0.910. The van der Waals surface area contributed by atoms with Crippen LogP contribution in [0.4, 0.5) is 5.82 Å². The normalized spacial score (nSPS) is 16.5. The van der Waals surface area contributed by atoms with Gasteiger partial charge < -0.3 is 5.32 Å². The molecular weight excluding hydrogens is 138 g/mol. The number of rotatable bonds is 2. The maximum Gasteiger partial charge on any atom is 0.149 e. The third-order valence-electron chi connectivity index (χ3n) is 1.72. The predicted molar refractivity (Wildman–Crippen MR) is 43.4 cm³/mol. The molecule has 0 bridgehead atoms. The lowest BCUT2D eigenvalue weighted by Crippen LogP contribution is -2.03. The monoisotopic (exact) mass is 149 g/mol. The van der Waals surface area contributed by atoms with Gasteiger partial charge in [0.1, 0.15) is 5.82 Å². The fourth-order valence-corrected chi connectivity index (χ4v) is 0.971. The Labute approximate surface area is 65.8 Å². The van der Waals surface area contributed by atoms with Gasteiger partial charge >= 0.3 is 0 Å². The number of nitrogens with one attached hydrogen (secondary N) is 1. The fourth-order valence-electron chi connectivity index (χ4n) is 0.971. The molecule has 0 atom stereocenters. The predicted octanol–water partition coefficient (Wildman–Crippen LogP) is 1.36. The molecule has 1 saturated carbocycles. The second-order valence-corrected chi connectivity index (χ2v) is 3.04. The standard InChI is InChI=1S/C8H11N3/c1-6-4-8(11-9-5-6)10-7-2-3-7/h4-5,7H,2-3H2,1H3,(H,10,11). The number of anilines is 1. The second-order valence-electron chi connectivity index (χ2n) is 3.04. The zero-order chi connectivity index (χ0) is 7.68. The van der Waals surface area contributed by atoms with E-state index in [4.69, 9.17) is 0 Å². The molecule has 1 aromatic rings. The maximum atomic E-state index is 3.96. The first kappa shape index (κ1) is 6.58. The van der Waals surface area contributed by atoms with Gasteiger partial charge in [-0.2, -0.15) is 5.10 Å². The molecule has 1 aliphatic rings. The summed E-state index contributed by atoms with van der Waals surface area (Å²) >= 11 is 0. The van der Waals surface area contributed by atoms with E-state index in [-0.39, 0.29) is 0 Å². The molecule has 3 heteroatoms. The van der Waals surface area contributed by atoms with E-state index in [0.717, 1.165) is 11.4 Å². The molecule has 0 unspecified atom stereocenters. The zero-order valence-corrected chi connectivity index (χ0v) is 6.54. The third-order valence-corrected chi connectivity index (χ3v) is 1.72. The number of aryl methyl sites for hydroxylation is 1. The minimum absolute atomic E-state index is 0.658. The van der Waals surface area contributed by atoms with Crippen LogP contribution in [0.15, 0.2) is 12.3 Å². The Balaban J connectivity index is 2.10. The molecule has 1 N–H and O–H groups in total. The summed E-state index contributed by atoms with van der Waals surface area (Å²) in [5.41, 5.74) is 1.16. The first-order chi connectivity index (χ1) is 5.34. The molecule has 1 aromatic heterocycles. The molecule has 0 saturated heterocycles. The Morgan fingerprint density at radius 2 is 2.36 bits per heavy atom. The van der Waals surface area contributed by atoms with E-state index in [1.165, 1.54) is 12.8 Å². The Hall–Kier alpha value is -1.12. The second kappa shape index (κ2) is 2.49. The SMILES string of the molecule is Cc1cnnc(NC2CC2)c1. The van der Waals surface area contributed by atoms with Crippen molar-refractivity contribution in [2.45, 2.75) is 25.8 Å². The Morgan fingerprint density at radius 1 is 1.55 bits per heavy atom. The van der Waals surface area contributed by atoms with Crippen molar-refractivity contribution in [1.82, 2.24) is 10.2 Å². The van der Waals surface area contributed by atoms with Crippen molar-refractivity contribution in [3.8, 4) is 0 Å². The first-order valence-corrected chi connectivity index (χ1v) is 3.90. The average molecular weight is 149 g/mol. The van der Waals surface area contributed by atoms with Crippen LogP contribution in [-0.2, 0) is 0 Å². The summed E-state index contributed by atoms with van der Waals surface area (Å²) < 4.78 is 0. The van der Waals surface area contributed by atoms with Crippen molar-refractivity contribution in [3.05, 3.63) is 17.8 Å². The van der Waals surface area contributed by atoms with Crippen molar-refractivity contribution in [1.29, 1.82) is 0 Å². The first-order valence-electron chi connectivity index (χ1n) is 3.90. The molecule has 0 aliphatic heterocycles. The van der Waals surface area contributed by atoms with E-state index in [1.807, 2.05) is 13.0 Å². The average Bonchev–Trinajstić information content (AvgIpc) is 2.71. The summed E-state index contributed by atoms with van der Waals surface area (Å²) in [6.07, 6.45) is 4.31. The van der Waals surface area contributed by atoms with Gasteiger partial charge in [0.15, 0.2) is 0 Å². The quantitative estimate of drug-likeness (QED) is 0.690. The van der Waals surface area contributed by atoms with Gasteiger partial charge in [-0.25, -0.2) is 0 Å². The van der Waals surface area contributed by atoms with Crippen LogP contribution in [-0.4, -0.2) is 16.2 Å². The fraction of sp³-hybridized carbons (Fsp3) is 0.500. The number of hydrogen-bond donors (Lipinski definition) is 1. The van der Waals surface area contributed by atoms with E-state index < -0.39 is 0 Å². The number of nitrogens with zero attached hydrogens (tertiary/aromatic N) is 2. The van der Waals surface area contributed by atoms with Gasteiger partial charge in [-0.15, -0.1) is 5.10 Å². The highest BCUT2D eigenvalue weighted by Crippen LogP contribution is 2.23. The van der Waals surface area contributed by atoms with Crippen molar-refractivity contribution in [2.75, 3.05) is 5.32 Å². The summed E-state index contributed by atoms with van der Waals surface area (Å²) in [6.45, 7) is 2.02. The van der Waals surface area contributed by atoms with Crippen LogP contribution in [0.5, 0.6) is 0 Å². The van der Waals surface area contributed by atoms with Crippen LogP contribution < -0.4 is 5.32 Å². The summed E-state index contributed by atoms with van der Waals surface area (Å²) in [4.78, 5) is 0. The van der Waals surface area contributed by atoms with Crippen LogP contribution in [0.3, 0.4) is 0 Å². The molecule has 1 aliphatic carbocycles. The topological polar surface area (TPSA) is 37.8 Å². The Morgan fingerprint density at radius 3 is 3.00 bits per heavy atom. The van der Waals surface area contributed by atoms with E-state index in [1.54, 1.807) is 6.20 Å². The van der Waals surface area contributed by atoms with Gasteiger partial charge in [0.2, 0.25) is 0 Å². The number of aromatic nitrogens is 2. The van der Waals surface area contributed by atoms with Crippen molar-refractivity contribution >= 4 is 5.82 Å². The van der Waals surface area contributed by atoms with Crippen LogP contribution >= 0.6 is 0 Å². The lowest BCUT2D eigenvalue weighted by atomic mass is 10.3. The van der Waals surface area contributed by atoms with E-state index in [0.29, 0.717) is 6.04 Å². The highest BCUT2D eigenvalue weighted by molar-refractivity contribution is 5.37. The molecule has 1 fully saturated rings. The minimum atomic E-state index is 0.658. The van der Waals surface area contributed by atoms with Crippen molar-refractivity contribution in [2.24, 2.45) is 0 Å². The molecule has 0 aromatic carbocycles. The largest absolute Gasteiger partial charge is 0.366 e. The lowest BCUT2D eigenvalue weighted by molar-refractivity contribution is 0.987. The molecule has 58 valence electrons. The number of hydrogen-bond acceptors (Lipinski definition) is 3. The van der Waals surface area contributed by atoms with Gasteiger partial charge in [0.25, 0.3) is 0 Å². The van der Waals surface area contributed by atoms with E-state index >= 15 is 0 Å². The van der Waals surface area contributed by atoms with Crippen LogP contribution in [0.1, 0.15) is 18.4 Å². The van der Waals surface area contributed by atoms with E-state index in [2.05, 4.69) is 15.5 Å². The Bertz CT molecular complexity index is 255.